The van der Waals surface area contributed by atoms with Crippen LogP contribution in [0.2, 0.25) is 0 Å². The van der Waals surface area contributed by atoms with Crippen LogP contribution < -0.4 is 10.2 Å². The first-order chi connectivity index (χ1) is 11.5. The van der Waals surface area contributed by atoms with Gasteiger partial charge in [-0.1, -0.05) is 0 Å². The van der Waals surface area contributed by atoms with E-state index in [-0.39, 0.29) is 0 Å². The number of rotatable bonds is 5. The molecular weight excluding hydrogens is 310 g/mol. The highest BCUT2D eigenvalue weighted by molar-refractivity contribution is 5.47. The minimum Gasteiger partial charge on any atom is -0.371 e. The SMILES string of the molecule is Cc1n[nH]c(C)c1CCNC1CCN(c2ccc(F)c(F)c2)CC1. The van der Waals surface area contributed by atoms with Crippen LogP contribution in [0, 0.1) is 25.5 Å². The number of benzene rings is 1. The molecule has 4 nitrogen and oxygen atoms in total. The summed E-state index contributed by atoms with van der Waals surface area (Å²) in [5.41, 5.74) is 4.27. The highest BCUT2D eigenvalue weighted by Crippen LogP contribution is 2.22. The van der Waals surface area contributed by atoms with Gasteiger partial charge in [-0.15, -0.1) is 0 Å². The van der Waals surface area contributed by atoms with E-state index in [9.17, 15) is 8.78 Å². The van der Waals surface area contributed by atoms with Gasteiger partial charge in [0.05, 0.1) is 5.69 Å². The van der Waals surface area contributed by atoms with Crippen LogP contribution in [0.5, 0.6) is 0 Å². The van der Waals surface area contributed by atoms with Gasteiger partial charge in [0.25, 0.3) is 0 Å². The Morgan fingerprint density at radius 3 is 2.58 bits per heavy atom. The molecule has 130 valence electrons. The lowest BCUT2D eigenvalue weighted by Gasteiger charge is -2.34. The molecule has 0 aliphatic carbocycles. The van der Waals surface area contributed by atoms with Crippen LogP contribution in [0.15, 0.2) is 18.2 Å². The van der Waals surface area contributed by atoms with Gasteiger partial charge in [0.1, 0.15) is 0 Å². The summed E-state index contributed by atoms with van der Waals surface area (Å²) < 4.78 is 26.4. The van der Waals surface area contributed by atoms with Crippen LogP contribution in [0.4, 0.5) is 14.5 Å². The fourth-order valence-corrected chi connectivity index (χ4v) is 3.37. The standard InChI is InChI=1S/C18H24F2N4/c1-12-16(13(2)23-22-12)5-8-21-14-6-9-24(10-7-14)15-3-4-17(19)18(20)11-15/h3-4,11,14,21H,5-10H2,1-2H3,(H,22,23). The van der Waals surface area contributed by atoms with Gasteiger partial charge in [-0.25, -0.2) is 8.78 Å². The highest BCUT2D eigenvalue weighted by Gasteiger charge is 2.20. The second-order valence-corrected chi connectivity index (χ2v) is 6.48. The van der Waals surface area contributed by atoms with E-state index in [2.05, 4.69) is 27.3 Å². The Kier molecular flexibility index (Phi) is 5.14. The topological polar surface area (TPSA) is 44.0 Å². The van der Waals surface area contributed by atoms with Crippen molar-refractivity contribution < 1.29 is 8.78 Å². The molecule has 2 N–H and O–H groups in total. The number of aromatic nitrogens is 2. The molecule has 0 atom stereocenters. The number of nitrogens with zero attached hydrogens (tertiary/aromatic N) is 2. The molecule has 24 heavy (non-hydrogen) atoms. The van der Waals surface area contributed by atoms with Gasteiger partial charge in [0.15, 0.2) is 11.6 Å². The Balaban J connectivity index is 1.46. The third kappa shape index (κ3) is 3.75. The molecule has 2 aromatic rings. The quantitative estimate of drug-likeness (QED) is 0.883. The van der Waals surface area contributed by atoms with Crippen LogP contribution >= 0.6 is 0 Å². The number of aryl methyl sites for hydroxylation is 2. The Bertz CT molecular complexity index is 671. The summed E-state index contributed by atoms with van der Waals surface area (Å²) in [7, 11) is 0. The molecule has 1 saturated heterocycles. The van der Waals surface area contributed by atoms with E-state index in [0.717, 1.165) is 56.0 Å². The summed E-state index contributed by atoms with van der Waals surface area (Å²) >= 11 is 0. The molecule has 0 radical (unpaired) electrons. The molecule has 1 fully saturated rings. The van der Waals surface area contributed by atoms with Gasteiger partial charge in [-0.2, -0.15) is 5.10 Å². The zero-order valence-corrected chi connectivity index (χ0v) is 14.2. The molecular formula is C18H24F2N4. The molecule has 0 bridgehead atoms. The number of hydrogen-bond donors (Lipinski definition) is 2. The largest absolute Gasteiger partial charge is 0.371 e. The molecule has 2 heterocycles. The number of nitrogens with one attached hydrogen (secondary N) is 2. The van der Waals surface area contributed by atoms with Crippen molar-refractivity contribution in [1.82, 2.24) is 15.5 Å². The predicted octanol–water partition coefficient (Wildman–Crippen LogP) is 3.11. The van der Waals surface area contributed by atoms with Gasteiger partial charge in [-0.05, 0) is 57.4 Å². The molecule has 1 aromatic heterocycles. The summed E-state index contributed by atoms with van der Waals surface area (Å²) in [6.07, 6.45) is 2.97. The summed E-state index contributed by atoms with van der Waals surface area (Å²) in [6, 6.07) is 4.61. The van der Waals surface area contributed by atoms with E-state index < -0.39 is 11.6 Å². The number of piperidine rings is 1. The number of anilines is 1. The average molecular weight is 334 g/mol. The third-order valence-electron chi connectivity index (χ3n) is 4.85. The molecule has 3 rings (SSSR count). The monoisotopic (exact) mass is 334 g/mol. The summed E-state index contributed by atoms with van der Waals surface area (Å²) in [4.78, 5) is 2.12. The smallest absolute Gasteiger partial charge is 0.160 e. The van der Waals surface area contributed by atoms with E-state index in [1.54, 1.807) is 6.07 Å². The Morgan fingerprint density at radius 2 is 1.96 bits per heavy atom. The lowest BCUT2D eigenvalue weighted by Crippen LogP contribution is -2.43. The van der Waals surface area contributed by atoms with Crippen LogP contribution in [0.3, 0.4) is 0 Å². The van der Waals surface area contributed by atoms with Gasteiger partial charge >= 0.3 is 0 Å². The first kappa shape index (κ1) is 16.9. The van der Waals surface area contributed by atoms with E-state index in [4.69, 9.17) is 0 Å². The normalized spacial score (nSPS) is 15.9. The second-order valence-electron chi connectivity index (χ2n) is 6.48. The molecule has 1 aliphatic heterocycles. The minimum absolute atomic E-state index is 0.471. The fraction of sp³-hybridized carbons (Fsp3) is 0.500. The van der Waals surface area contributed by atoms with Crippen molar-refractivity contribution in [2.24, 2.45) is 0 Å². The maximum absolute atomic E-state index is 13.4. The van der Waals surface area contributed by atoms with E-state index in [0.29, 0.717) is 6.04 Å². The molecule has 0 saturated carbocycles. The van der Waals surface area contributed by atoms with E-state index in [1.165, 1.54) is 17.7 Å². The van der Waals surface area contributed by atoms with Crippen LogP contribution in [0.1, 0.15) is 29.8 Å². The first-order valence-electron chi connectivity index (χ1n) is 8.48. The lowest BCUT2D eigenvalue weighted by atomic mass is 10.0. The zero-order valence-electron chi connectivity index (χ0n) is 14.2. The zero-order chi connectivity index (χ0) is 17.1. The maximum Gasteiger partial charge on any atom is 0.160 e. The highest BCUT2D eigenvalue weighted by atomic mass is 19.2. The van der Waals surface area contributed by atoms with Crippen molar-refractivity contribution >= 4 is 5.69 Å². The van der Waals surface area contributed by atoms with Crippen molar-refractivity contribution in [3.05, 3.63) is 46.8 Å². The number of hydrogen-bond acceptors (Lipinski definition) is 3. The molecule has 0 unspecified atom stereocenters. The van der Waals surface area contributed by atoms with Gasteiger partial charge in [0.2, 0.25) is 0 Å². The van der Waals surface area contributed by atoms with Crippen molar-refractivity contribution in [2.75, 3.05) is 24.5 Å². The predicted molar refractivity (Wildman–Crippen MR) is 91.4 cm³/mol. The molecule has 0 spiro atoms. The van der Waals surface area contributed by atoms with Crippen LogP contribution in [0.25, 0.3) is 0 Å². The Labute approximate surface area is 141 Å². The van der Waals surface area contributed by atoms with Crippen molar-refractivity contribution in [3.63, 3.8) is 0 Å². The van der Waals surface area contributed by atoms with Gasteiger partial charge in [0, 0.05) is 36.6 Å². The van der Waals surface area contributed by atoms with Crippen molar-refractivity contribution in [3.8, 4) is 0 Å². The number of aromatic amines is 1. The summed E-state index contributed by atoms with van der Waals surface area (Å²) in [5, 5.41) is 10.8. The fourth-order valence-electron chi connectivity index (χ4n) is 3.37. The lowest BCUT2D eigenvalue weighted by molar-refractivity contribution is 0.417. The van der Waals surface area contributed by atoms with E-state index in [1.807, 2.05) is 6.92 Å². The Morgan fingerprint density at radius 1 is 1.21 bits per heavy atom. The maximum atomic E-state index is 13.4. The van der Waals surface area contributed by atoms with Crippen LogP contribution in [-0.4, -0.2) is 35.9 Å². The Hall–Kier alpha value is -1.95. The second kappa shape index (κ2) is 7.30. The molecule has 6 heteroatoms. The first-order valence-corrected chi connectivity index (χ1v) is 8.48. The summed E-state index contributed by atoms with van der Waals surface area (Å²) in [6.45, 7) is 6.71. The molecule has 1 aliphatic rings. The molecule has 1 aromatic carbocycles. The minimum atomic E-state index is -0.792. The third-order valence-corrected chi connectivity index (χ3v) is 4.85. The van der Waals surface area contributed by atoms with Gasteiger partial charge < -0.3 is 10.2 Å². The van der Waals surface area contributed by atoms with Crippen molar-refractivity contribution in [1.29, 1.82) is 0 Å². The van der Waals surface area contributed by atoms with E-state index >= 15 is 0 Å². The van der Waals surface area contributed by atoms with Crippen molar-refractivity contribution in [2.45, 2.75) is 39.2 Å². The number of H-pyrrole nitrogens is 1. The number of halogens is 2. The average Bonchev–Trinajstić information content (AvgIpc) is 2.90. The molecule has 0 amide bonds. The van der Waals surface area contributed by atoms with Gasteiger partial charge in [-0.3, -0.25) is 5.10 Å². The summed E-state index contributed by atoms with van der Waals surface area (Å²) in [5.74, 6) is -1.57. The van der Waals surface area contributed by atoms with Crippen LogP contribution in [-0.2, 0) is 6.42 Å².